The number of para-hydroxylation sites is 2. The molecule has 3 N–H and O–H groups in total. The summed E-state index contributed by atoms with van der Waals surface area (Å²) in [4.78, 5) is 12.4. The van der Waals surface area contributed by atoms with E-state index in [1.54, 1.807) is 10.9 Å². The maximum absolute atomic E-state index is 12.4. The van der Waals surface area contributed by atoms with E-state index in [0.717, 1.165) is 16.9 Å². The lowest BCUT2D eigenvalue weighted by Crippen LogP contribution is -2.34. The second kappa shape index (κ2) is 7.63. The molecule has 1 heterocycles. The Bertz CT molecular complexity index is 845. The quantitative estimate of drug-likeness (QED) is 0.670. The third-order valence-electron chi connectivity index (χ3n) is 3.90. The first kappa shape index (κ1) is 16.7. The number of anilines is 1. The number of aliphatic hydroxyl groups excluding tert-OH is 1. The molecule has 2 amide bonds. The van der Waals surface area contributed by atoms with Crippen molar-refractivity contribution in [1.82, 2.24) is 15.1 Å². The number of aromatic nitrogens is 2. The number of carbonyl (C=O) groups excluding carboxylic acids is 1. The van der Waals surface area contributed by atoms with E-state index in [0.29, 0.717) is 5.69 Å². The van der Waals surface area contributed by atoms with Gasteiger partial charge in [0.25, 0.3) is 0 Å². The topological polar surface area (TPSA) is 79.2 Å². The second-order valence-electron chi connectivity index (χ2n) is 5.65. The van der Waals surface area contributed by atoms with Gasteiger partial charge in [-0.25, -0.2) is 9.48 Å². The van der Waals surface area contributed by atoms with Gasteiger partial charge < -0.3 is 15.7 Å². The van der Waals surface area contributed by atoms with Crippen LogP contribution in [0.4, 0.5) is 10.5 Å². The molecule has 0 saturated heterocycles. The Hall–Kier alpha value is -3.12. The van der Waals surface area contributed by atoms with Crippen LogP contribution < -0.4 is 10.6 Å². The molecule has 2 aromatic carbocycles. The molecule has 0 spiro atoms. The highest BCUT2D eigenvalue weighted by Crippen LogP contribution is 2.21. The highest BCUT2D eigenvalue weighted by Gasteiger charge is 2.15. The van der Waals surface area contributed by atoms with Gasteiger partial charge in [0.1, 0.15) is 0 Å². The Morgan fingerprint density at radius 3 is 2.52 bits per heavy atom. The Morgan fingerprint density at radius 2 is 1.84 bits per heavy atom. The first-order chi connectivity index (χ1) is 12.2. The van der Waals surface area contributed by atoms with Crippen molar-refractivity contribution in [3.05, 3.63) is 78.1 Å². The third-order valence-corrected chi connectivity index (χ3v) is 3.90. The van der Waals surface area contributed by atoms with Gasteiger partial charge >= 0.3 is 6.03 Å². The van der Waals surface area contributed by atoms with Gasteiger partial charge in [0.2, 0.25) is 0 Å². The van der Waals surface area contributed by atoms with Crippen LogP contribution in [-0.2, 0) is 0 Å². The molecule has 0 radical (unpaired) electrons. The lowest BCUT2D eigenvalue weighted by molar-refractivity contribution is 0.225. The van der Waals surface area contributed by atoms with Crippen LogP contribution in [0.25, 0.3) is 5.69 Å². The molecule has 0 fully saturated rings. The maximum Gasteiger partial charge on any atom is 0.319 e. The van der Waals surface area contributed by atoms with Gasteiger partial charge in [-0.05, 0) is 30.7 Å². The van der Waals surface area contributed by atoms with Crippen LogP contribution >= 0.6 is 0 Å². The highest BCUT2D eigenvalue weighted by molar-refractivity contribution is 5.91. The van der Waals surface area contributed by atoms with Gasteiger partial charge in [-0.2, -0.15) is 5.10 Å². The first-order valence-corrected chi connectivity index (χ1v) is 8.02. The number of rotatable bonds is 5. The summed E-state index contributed by atoms with van der Waals surface area (Å²) in [6.45, 7) is 1.76. The number of benzene rings is 2. The monoisotopic (exact) mass is 336 g/mol. The lowest BCUT2D eigenvalue weighted by Gasteiger charge is -2.18. The minimum atomic E-state index is -0.472. The number of aryl methyl sites for hydroxylation is 1. The summed E-state index contributed by atoms with van der Waals surface area (Å²) < 4.78 is 1.76. The van der Waals surface area contributed by atoms with Crippen LogP contribution in [0.1, 0.15) is 17.3 Å². The molecule has 0 aliphatic rings. The van der Waals surface area contributed by atoms with E-state index < -0.39 is 6.04 Å². The molecule has 6 heteroatoms. The second-order valence-corrected chi connectivity index (χ2v) is 5.65. The summed E-state index contributed by atoms with van der Waals surface area (Å²) in [6.07, 6.45) is 1.71. The lowest BCUT2D eigenvalue weighted by atomic mass is 10.1. The molecule has 25 heavy (non-hydrogen) atoms. The number of aliphatic hydroxyl groups is 1. The summed E-state index contributed by atoms with van der Waals surface area (Å²) in [5.41, 5.74) is 3.22. The summed E-state index contributed by atoms with van der Waals surface area (Å²) in [7, 11) is 0. The number of nitrogens with zero attached hydrogens (tertiary/aromatic N) is 2. The number of urea groups is 1. The van der Waals surface area contributed by atoms with E-state index in [1.807, 2.05) is 67.6 Å². The van der Waals surface area contributed by atoms with Crippen LogP contribution in [0.3, 0.4) is 0 Å². The average Bonchev–Trinajstić information content (AvgIpc) is 3.06. The standard InChI is InChI=1S/C19H20N4O2/c1-14-11-12-20-23(14)18-10-6-5-9-16(18)21-19(25)22-17(13-24)15-7-3-2-4-8-15/h2-12,17,24H,13H2,1H3,(H2,21,22,25)/t17-/m1/s1. The fourth-order valence-electron chi connectivity index (χ4n) is 2.62. The molecular weight excluding hydrogens is 316 g/mol. The van der Waals surface area contributed by atoms with Crippen molar-refractivity contribution in [3.63, 3.8) is 0 Å². The molecule has 0 unspecified atom stereocenters. The molecule has 3 rings (SSSR count). The molecule has 6 nitrogen and oxygen atoms in total. The Kier molecular flexibility index (Phi) is 5.11. The minimum Gasteiger partial charge on any atom is -0.394 e. The fourth-order valence-corrected chi connectivity index (χ4v) is 2.62. The largest absolute Gasteiger partial charge is 0.394 e. The predicted molar refractivity (Wildman–Crippen MR) is 96.7 cm³/mol. The molecule has 128 valence electrons. The Morgan fingerprint density at radius 1 is 1.12 bits per heavy atom. The zero-order valence-corrected chi connectivity index (χ0v) is 13.9. The molecular formula is C19H20N4O2. The number of hydrogen-bond donors (Lipinski definition) is 3. The van der Waals surface area contributed by atoms with Crippen molar-refractivity contribution in [2.24, 2.45) is 0 Å². The first-order valence-electron chi connectivity index (χ1n) is 8.02. The smallest absolute Gasteiger partial charge is 0.319 e. The van der Waals surface area contributed by atoms with E-state index in [2.05, 4.69) is 15.7 Å². The number of hydrogen-bond acceptors (Lipinski definition) is 3. The number of amides is 2. The van der Waals surface area contributed by atoms with Gasteiger partial charge in [0.05, 0.1) is 24.0 Å². The van der Waals surface area contributed by atoms with Gasteiger partial charge in [0, 0.05) is 11.9 Å². The van der Waals surface area contributed by atoms with Gasteiger partial charge in [0.15, 0.2) is 0 Å². The SMILES string of the molecule is Cc1ccnn1-c1ccccc1NC(=O)N[C@H](CO)c1ccccc1. The van der Waals surface area contributed by atoms with Crippen molar-refractivity contribution in [1.29, 1.82) is 0 Å². The Balaban J connectivity index is 1.77. The predicted octanol–water partition coefficient (Wildman–Crippen LogP) is 3.04. The van der Waals surface area contributed by atoms with Crippen molar-refractivity contribution < 1.29 is 9.90 Å². The summed E-state index contributed by atoms with van der Waals surface area (Å²) in [5.74, 6) is 0. The van der Waals surface area contributed by atoms with Crippen molar-refractivity contribution in [2.75, 3.05) is 11.9 Å². The van der Waals surface area contributed by atoms with Crippen molar-refractivity contribution in [3.8, 4) is 5.69 Å². The van der Waals surface area contributed by atoms with E-state index in [-0.39, 0.29) is 12.6 Å². The van der Waals surface area contributed by atoms with Gasteiger partial charge in [-0.15, -0.1) is 0 Å². The van der Waals surface area contributed by atoms with E-state index in [4.69, 9.17) is 0 Å². The zero-order chi connectivity index (χ0) is 17.6. The van der Waals surface area contributed by atoms with Crippen molar-refractivity contribution >= 4 is 11.7 Å². The summed E-state index contributed by atoms with van der Waals surface area (Å²) in [5, 5.41) is 19.5. The Labute approximate surface area is 146 Å². The zero-order valence-electron chi connectivity index (χ0n) is 13.9. The van der Waals surface area contributed by atoms with Crippen LogP contribution in [-0.4, -0.2) is 27.5 Å². The molecule has 1 atom stereocenters. The molecule has 0 aliphatic heterocycles. The van der Waals surface area contributed by atoms with Gasteiger partial charge in [-0.1, -0.05) is 42.5 Å². The number of nitrogens with one attached hydrogen (secondary N) is 2. The molecule has 1 aromatic heterocycles. The van der Waals surface area contributed by atoms with E-state index >= 15 is 0 Å². The van der Waals surface area contributed by atoms with E-state index in [1.165, 1.54) is 0 Å². The number of carbonyl (C=O) groups is 1. The normalized spacial score (nSPS) is 11.8. The maximum atomic E-state index is 12.4. The average molecular weight is 336 g/mol. The van der Waals surface area contributed by atoms with Crippen molar-refractivity contribution in [2.45, 2.75) is 13.0 Å². The van der Waals surface area contributed by atoms with E-state index in [9.17, 15) is 9.90 Å². The minimum absolute atomic E-state index is 0.183. The van der Waals surface area contributed by atoms with Crippen LogP contribution in [0.15, 0.2) is 66.9 Å². The molecule has 0 saturated carbocycles. The summed E-state index contributed by atoms with van der Waals surface area (Å²) in [6, 6.07) is 17.8. The molecule has 3 aromatic rings. The molecule has 0 aliphatic carbocycles. The fraction of sp³-hybridized carbons (Fsp3) is 0.158. The van der Waals surface area contributed by atoms with Crippen LogP contribution in [0.2, 0.25) is 0 Å². The third kappa shape index (κ3) is 3.87. The van der Waals surface area contributed by atoms with Gasteiger partial charge in [-0.3, -0.25) is 0 Å². The van der Waals surface area contributed by atoms with Crippen LogP contribution in [0.5, 0.6) is 0 Å². The van der Waals surface area contributed by atoms with Crippen LogP contribution in [0, 0.1) is 6.92 Å². The molecule has 0 bridgehead atoms. The summed E-state index contributed by atoms with van der Waals surface area (Å²) >= 11 is 0. The highest BCUT2D eigenvalue weighted by atomic mass is 16.3.